The van der Waals surface area contributed by atoms with E-state index in [0.29, 0.717) is 18.6 Å². The quantitative estimate of drug-likeness (QED) is 0.868. The molecule has 0 heterocycles. The smallest absolute Gasteiger partial charge is 0.274 e. The van der Waals surface area contributed by atoms with Crippen LogP contribution < -0.4 is 4.72 Å². The number of sulfonamides is 1. The molecule has 0 bridgehead atoms. The van der Waals surface area contributed by atoms with Crippen LogP contribution >= 0.6 is 0 Å². The Balaban J connectivity index is 2.38. The molecule has 1 aromatic rings. The number of hydrogen-bond donors (Lipinski definition) is 1. The molecule has 1 fully saturated rings. The lowest BCUT2D eigenvalue weighted by Gasteiger charge is -2.14. The maximum absolute atomic E-state index is 12.9. The Morgan fingerprint density at radius 3 is 2.38 bits per heavy atom. The summed E-state index contributed by atoms with van der Waals surface area (Å²) in [6.07, 6.45) is -4.57. The van der Waals surface area contributed by atoms with Crippen molar-refractivity contribution in [2.45, 2.75) is 24.4 Å². The van der Waals surface area contributed by atoms with Crippen molar-refractivity contribution < 1.29 is 30.8 Å². The molecule has 1 aliphatic carbocycles. The van der Waals surface area contributed by atoms with E-state index >= 15 is 0 Å². The van der Waals surface area contributed by atoms with Gasteiger partial charge in [-0.3, -0.25) is 4.79 Å². The van der Waals surface area contributed by atoms with Gasteiger partial charge in [-0.15, -0.1) is 0 Å². The SMILES string of the molecule is C[C@@H]1C[C@H]1C(=O)NS(=O)(=O)c1ccc(F)cc1C(F)(F)F. The number of alkyl halides is 3. The van der Waals surface area contributed by atoms with E-state index in [-0.39, 0.29) is 12.0 Å². The molecular formula is C12H11F4NO3S. The average Bonchev–Trinajstić information content (AvgIpc) is 3.04. The standard InChI is InChI=1S/C12H11F4NO3S/c1-6-4-8(6)11(18)17-21(19,20)10-3-2-7(13)5-9(10)12(14,15)16/h2-3,5-6,8H,4H2,1H3,(H,17,18)/t6-,8-/m1/s1. The molecule has 2 atom stereocenters. The van der Waals surface area contributed by atoms with Crippen LogP contribution in [0.4, 0.5) is 17.6 Å². The molecule has 0 aromatic heterocycles. The van der Waals surface area contributed by atoms with E-state index < -0.39 is 44.3 Å². The lowest BCUT2D eigenvalue weighted by Crippen LogP contribution is -2.33. The van der Waals surface area contributed by atoms with Crippen molar-refractivity contribution >= 4 is 15.9 Å². The molecule has 116 valence electrons. The predicted molar refractivity (Wildman–Crippen MR) is 64.0 cm³/mol. The van der Waals surface area contributed by atoms with Crippen LogP contribution in [0, 0.1) is 17.7 Å². The van der Waals surface area contributed by atoms with Crippen molar-refractivity contribution in [3.63, 3.8) is 0 Å². The van der Waals surface area contributed by atoms with Gasteiger partial charge in [0.25, 0.3) is 10.0 Å². The Morgan fingerprint density at radius 2 is 1.90 bits per heavy atom. The average molecular weight is 325 g/mol. The number of carbonyl (C=O) groups excluding carboxylic acids is 1. The summed E-state index contributed by atoms with van der Waals surface area (Å²) < 4.78 is 76.7. The summed E-state index contributed by atoms with van der Waals surface area (Å²) in [6.45, 7) is 1.72. The van der Waals surface area contributed by atoms with Crippen LogP contribution in [-0.4, -0.2) is 14.3 Å². The molecule has 1 N–H and O–H groups in total. The minimum absolute atomic E-state index is 0.00416. The van der Waals surface area contributed by atoms with Crippen LogP contribution in [0.2, 0.25) is 0 Å². The summed E-state index contributed by atoms with van der Waals surface area (Å²) in [4.78, 5) is 10.4. The molecule has 1 saturated carbocycles. The van der Waals surface area contributed by atoms with Crippen molar-refractivity contribution in [1.29, 1.82) is 0 Å². The first-order chi connectivity index (χ1) is 9.52. The topological polar surface area (TPSA) is 63.2 Å². The van der Waals surface area contributed by atoms with E-state index in [1.165, 1.54) is 0 Å². The highest BCUT2D eigenvalue weighted by molar-refractivity contribution is 7.90. The maximum atomic E-state index is 12.9. The second-order valence-electron chi connectivity index (χ2n) is 4.93. The van der Waals surface area contributed by atoms with Gasteiger partial charge < -0.3 is 0 Å². The lowest BCUT2D eigenvalue weighted by atomic mass is 10.2. The van der Waals surface area contributed by atoms with Gasteiger partial charge in [-0.2, -0.15) is 13.2 Å². The van der Waals surface area contributed by atoms with E-state index in [0.717, 1.165) is 0 Å². The first kappa shape index (κ1) is 15.7. The molecule has 0 unspecified atom stereocenters. The van der Waals surface area contributed by atoms with E-state index in [9.17, 15) is 30.8 Å². The number of carbonyl (C=O) groups is 1. The van der Waals surface area contributed by atoms with Gasteiger partial charge in [-0.1, -0.05) is 6.92 Å². The van der Waals surface area contributed by atoms with Gasteiger partial charge in [0.2, 0.25) is 5.91 Å². The van der Waals surface area contributed by atoms with E-state index in [1.54, 1.807) is 11.6 Å². The van der Waals surface area contributed by atoms with Crippen molar-refractivity contribution in [3.05, 3.63) is 29.6 Å². The zero-order valence-corrected chi connectivity index (χ0v) is 11.6. The number of halogens is 4. The fourth-order valence-electron chi connectivity index (χ4n) is 1.91. The Hall–Kier alpha value is -1.64. The lowest BCUT2D eigenvalue weighted by molar-refractivity contribution is -0.140. The molecule has 0 radical (unpaired) electrons. The molecule has 9 heteroatoms. The predicted octanol–water partition coefficient (Wildman–Crippen LogP) is 2.31. The Morgan fingerprint density at radius 1 is 1.33 bits per heavy atom. The highest BCUT2D eigenvalue weighted by atomic mass is 32.2. The Labute approximate surface area is 118 Å². The summed E-state index contributed by atoms with van der Waals surface area (Å²) in [7, 11) is -4.70. The molecule has 1 aromatic carbocycles. The third kappa shape index (κ3) is 3.34. The van der Waals surface area contributed by atoms with Crippen molar-refractivity contribution in [1.82, 2.24) is 4.72 Å². The summed E-state index contributed by atoms with van der Waals surface area (Å²) in [6, 6.07) is 1.16. The first-order valence-corrected chi connectivity index (χ1v) is 7.44. The molecule has 0 saturated heterocycles. The summed E-state index contributed by atoms with van der Waals surface area (Å²) in [5.41, 5.74) is -1.65. The molecular weight excluding hydrogens is 314 g/mol. The third-order valence-corrected chi connectivity index (χ3v) is 4.62. The molecule has 0 aliphatic heterocycles. The minimum atomic E-state index is -5.05. The van der Waals surface area contributed by atoms with Crippen molar-refractivity contribution in [2.24, 2.45) is 11.8 Å². The number of benzene rings is 1. The van der Waals surface area contributed by atoms with Gasteiger partial charge >= 0.3 is 6.18 Å². The zero-order chi connectivity index (χ0) is 16.0. The van der Waals surface area contributed by atoms with Crippen LogP contribution in [0.25, 0.3) is 0 Å². The first-order valence-electron chi connectivity index (χ1n) is 5.96. The van der Waals surface area contributed by atoms with Gasteiger partial charge in [0.1, 0.15) is 5.82 Å². The third-order valence-electron chi connectivity index (χ3n) is 3.22. The molecule has 0 spiro atoms. The van der Waals surface area contributed by atoms with E-state index in [4.69, 9.17) is 0 Å². The number of nitrogens with one attached hydrogen (secondary N) is 1. The van der Waals surface area contributed by atoms with E-state index in [2.05, 4.69) is 0 Å². The van der Waals surface area contributed by atoms with Gasteiger partial charge in [0.05, 0.1) is 10.5 Å². The number of amides is 1. The Kier molecular flexibility index (Phi) is 3.73. The van der Waals surface area contributed by atoms with Crippen LogP contribution in [0.5, 0.6) is 0 Å². The summed E-state index contributed by atoms with van der Waals surface area (Å²) in [5.74, 6) is -2.59. The van der Waals surface area contributed by atoms with Gasteiger partial charge in [0, 0.05) is 5.92 Å². The van der Waals surface area contributed by atoms with Gasteiger partial charge in [0.15, 0.2) is 0 Å². The maximum Gasteiger partial charge on any atom is 0.417 e. The summed E-state index contributed by atoms with van der Waals surface area (Å²) in [5, 5.41) is 0. The highest BCUT2D eigenvalue weighted by Gasteiger charge is 2.42. The van der Waals surface area contributed by atoms with Crippen LogP contribution in [0.15, 0.2) is 23.1 Å². The molecule has 2 rings (SSSR count). The second-order valence-corrected chi connectivity index (χ2v) is 6.58. The number of rotatable bonds is 3. The van der Waals surface area contributed by atoms with Crippen LogP contribution in [0.3, 0.4) is 0 Å². The summed E-state index contributed by atoms with van der Waals surface area (Å²) >= 11 is 0. The Bertz CT molecular complexity index is 684. The van der Waals surface area contributed by atoms with Crippen molar-refractivity contribution in [2.75, 3.05) is 0 Å². The van der Waals surface area contributed by atoms with Gasteiger partial charge in [-0.25, -0.2) is 17.5 Å². The molecule has 1 aliphatic rings. The highest BCUT2D eigenvalue weighted by Crippen LogP contribution is 2.38. The van der Waals surface area contributed by atoms with E-state index in [1.807, 2.05) is 0 Å². The van der Waals surface area contributed by atoms with Crippen molar-refractivity contribution in [3.8, 4) is 0 Å². The van der Waals surface area contributed by atoms with Gasteiger partial charge in [-0.05, 0) is 30.5 Å². The van der Waals surface area contributed by atoms with Crippen LogP contribution in [0.1, 0.15) is 18.9 Å². The normalized spacial score (nSPS) is 22.0. The minimum Gasteiger partial charge on any atom is -0.274 e. The fourth-order valence-corrected chi connectivity index (χ4v) is 3.15. The second kappa shape index (κ2) is 4.97. The molecule has 21 heavy (non-hydrogen) atoms. The largest absolute Gasteiger partial charge is 0.417 e. The monoisotopic (exact) mass is 325 g/mol. The zero-order valence-electron chi connectivity index (χ0n) is 10.7. The molecule has 1 amide bonds. The fraction of sp³-hybridized carbons (Fsp3) is 0.417. The number of hydrogen-bond acceptors (Lipinski definition) is 3. The van der Waals surface area contributed by atoms with Crippen LogP contribution in [-0.2, 0) is 21.0 Å². The molecule has 4 nitrogen and oxygen atoms in total.